The van der Waals surface area contributed by atoms with Gasteiger partial charge < -0.3 is 14.6 Å². The molecule has 0 radical (unpaired) electrons. The van der Waals surface area contributed by atoms with Crippen LogP contribution in [0.3, 0.4) is 0 Å². The molecule has 10 aromatic rings. The Morgan fingerprint density at radius 3 is 1.43 bits per heavy atom. The van der Waals surface area contributed by atoms with E-state index in [-0.39, 0.29) is 34.3 Å². The van der Waals surface area contributed by atoms with Crippen molar-refractivity contribution < 1.29 is 14.6 Å². The van der Waals surface area contributed by atoms with E-state index in [0.29, 0.717) is 13.1 Å². The molecule has 1 atom stereocenters. The Morgan fingerprint density at radius 1 is 0.478 bits per heavy atom. The van der Waals surface area contributed by atoms with E-state index < -0.39 is 0 Å². The summed E-state index contributed by atoms with van der Waals surface area (Å²) in [6.45, 7) is 29.7. The molecule has 8 heterocycles. The quantitative estimate of drug-likeness (QED) is 0.149. The molecule has 12 heteroatoms. The van der Waals surface area contributed by atoms with Gasteiger partial charge >= 0.3 is 0 Å². The van der Waals surface area contributed by atoms with Crippen LogP contribution in [-0.4, -0.2) is 75.8 Å². The molecule has 4 aromatic heterocycles. The zero-order valence-electron chi connectivity index (χ0n) is 56.2. The molecular weight excluding hydrogens is 1130 g/mol. The van der Waals surface area contributed by atoms with Gasteiger partial charge in [-0.3, -0.25) is 4.90 Å². The molecule has 12 nitrogen and oxygen atoms in total. The lowest BCUT2D eigenvalue weighted by Crippen LogP contribution is -2.39. The number of nitrogens with zero attached hydrogens (tertiary/aromatic N) is 9. The summed E-state index contributed by atoms with van der Waals surface area (Å²) in [5.74, 6) is 1.77. The first kappa shape index (κ1) is 66.1. The minimum absolute atomic E-state index is 0.00650. The Morgan fingerprint density at radius 2 is 0.935 bits per heavy atom. The SMILES string of the molecule is CC(C)(C)c1cc(-n2cc(C(=Cc3ccccc3)c3cn(-c4cc(C(C)(C)C)cc(C(C)(C)C)c4)nn3)nn2)cc(C(C)(C)C)c1.OC[C@H](Cc1ccccc1)N1Cc2ccc(cc2)OCCCCCCCOc2ccc(cc2)-c2cccc(n2)-c2cccc(n2)C1. The third kappa shape index (κ3) is 17.8. The van der Waals surface area contributed by atoms with Crippen LogP contribution in [0, 0.1) is 0 Å². The third-order valence-electron chi connectivity index (χ3n) is 17.0. The topological polar surface area (TPSA) is 129 Å². The van der Waals surface area contributed by atoms with Crippen LogP contribution in [-0.2, 0) is 41.2 Å². The minimum Gasteiger partial charge on any atom is -0.494 e. The highest BCUT2D eigenvalue weighted by molar-refractivity contribution is 5.88. The average Bonchev–Trinajstić information content (AvgIpc) is 1.49. The van der Waals surface area contributed by atoms with Crippen molar-refractivity contribution in [2.75, 3.05) is 19.8 Å². The van der Waals surface area contributed by atoms with Crippen LogP contribution in [0.4, 0.5) is 0 Å². The van der Waals surface area contributed by atoms with Crippen molar-refractivity contribution in [1.29, 1.82) is 0 Å². The summed E-state index contributed by atoms with van der Waals surface area (Å²) in [5.41, 5.74) is 17.3. The maximum absolute atomic E-state index is 10.6. The lowest BCUT2D eigenvalue weighted by atomic mass is 9.80. The maximum Gasteiger partial charge on any atom is 0.119 e. The number of pyridine rings is 2. The van der Waals surface area contributed by atoms with Crippen molar-refractivity contribution >= 4 is 11.6 Å². The number of hydrogen-bond acceptors (Lipinski definition) is 10. The van der Waals surface area contributed by atoms with Crippen LogP contribution >= 0.6 is 0 Å². The molecule has 0 amide bonds. The second-order valence-corrected chi connectivity index (χ2v) is 28.6. The number of ether oxygens (including phenoxy) is 2. The monoisotopic (exact) mass is 1230 g/mol. The molecule has 0 saturated heterocycles. The molecule has 8 bridgehead atoms. The van der Waals surface area contributed by atoms with E-state index in [1.54, 1.807) is 0 Å². The minimum atomic E-state index is -0.0796. The van der Waals surface area contributed by atoms with E-state index in [1.807, 2.05) is 88.5 Å². The summed E-state index contributed by atoms with van der Waals surface area (Å²) in [6, 6.07) is 62.9. The maximum atomic E-state index is 10.6. The van der Waals surface area contributed by atoms with Crippen LogP contribution in [0.25, 0.3) is 45.7 Å². The lowest BCUT2D eigenvalue weighted by molar-refractivity contribution is 0.108. The Kier molecular flexibility index (Phi) is 21.0. The Labute approximate surface area is 546 Å². The van der Waals surface area contributed by atoms with Crippen molar-refractivity contribution in [3.05, 3.63) is 250 Å². The van der Waals surface area contributed by atoms with Gasteiger partial charge in [-0.25, -0.2) is 19.3 Å². The van der Waals surface area contributed by atoms with E-state index in [1.165, 1.54) is 39.8 Å². The average molecular weight is 1230 g/mol. The van der Waals surface area contributed by atoms with E-state index >= 15 is 0 Å². The summed E-state index contributed by atoms with van der Waals surface area (Å²) in [6.07, 6.45) is 12.4. The summed E-state index contributed by atoms with van der Waals surface area (Å²) >= 11 is 0. The summed E-state index contributed by atoms with van der Waals surface area (Å²) in [7, 11) is 0. The standard InChI is InChI=1S/C40H50N6.C40H43N3O3/c1-37(2,3)28-19-29(38(4,5)6)22-32(21-28)45-25-35(41-43-45)34(18-27-16-14-13-15-17-27)36-26-46(44-42-36)33-23-30(39(7,8)9)20-31(24-33)40(10,11)12;44-30-35(27-31-11-5-4-6-12-31)43-28-32-17-21-36(22-18-32)45-25-7-2-1-3-8-26-46-37-23-19-33(20-24-37)38-14-10-16-40(42-38)39-15-9-13-34(29-43)41-39/h13-26H,1-12H3;4-6,9-24,35,44H,1-3,7-8,25-30H2/t;35-/m.0/s1. The van der Waals surface area contributed by atoms with E-state index in [9.17, 15) is 5.11 Å². The molecule has 0 fully saturated rings. The van der Waals surface area contributed by atoms with Crippen LogP contribution in [0.15, 0.2) is 194 Å². The Hall–Kier alpha value is -8.84. The van der Waals surface area contributed by atoms with Crippen molar-refractivity contribution in [3.63, 3.8) is 0 Å². The largest absolute Gasteiger partial charge is 0.494 e. The Balaban J connectivity index is 0.000000202. The predicted octanol–water partition coefficient (Wildman–Crippen LogP) is 17.8. The Bertz CT molecular complexity index is 3850. The number of aliphatic hydroxyl groups excluding tert-OH is 1. The van der Waals surface area contributed by atoms with Gasteiger partial charge in [-0.05, 0) is 171 Å². The highest BCUT2D eigenvalue weighted by Gasteiger charge is 2.26. The van der Waals surface area contributed by atoms with Crippen molar-refractivity contribution in [2.24, 2.45) is 0 Å². The highest BCUT2D eigenvalue weighted by Crippen LogP contribution is 2.35. The molecule has 476 valence electrons. The van der Waals surface area contributed by atoms with E-state index in [0.717, 1.165) is 119 Å². The fourth-order valence-corrected chi connectivity index (χ4v) is 11.2. The van der Waals surface area contributed by atoms with Crippen LogP contribution in [0.5, 0.6) is 11.5 Å². The van der Waals surface area contributed by atoms with Crippen molar-refractivity contribution in [1.82, 2.24) is 44.9 Å². The molecule has 0 aliphatic carbocycles. The molecule has 1 N–H and O–H groups in total. The normalized spacial score (nSPS) is 14.1. The smallest absolute Gasteiger partial charge is 0.119 e. The summed E-state index contributed by atoms with van der Waals surface area (Å²) in [4.78, 5) is 12.4. The lowest BCUT2D eigenvalue weighted by Gasteiger charge is -2.31. The van der Waals surface area contributed by atoms with Crippen molar-refractivity contribution in [3.8, 4) is 45.5 Å². The zero-order chi connectivity index (χ0) is 65.0. The van der Waals surface area contributed by atoms with Gasteiger partial charge in [-0.1, -0.05) is 210 Å². The van der Waals surface area contributed by atoms with Crippen LogP contribution in [0.1, 0.15) is 171 Å². The van der Waals surface area contributed by atoms with Gasteiger partial charge in [0.2, 0.25) is 0 Å². The molecular formula is C80H93N9O3. The first-order valence-electron chi connectivity index (χ1n) is 32.7. The predicted molar refractivity (Wildman–Crippen MR) is 375 cm³/mol. The van der Waals surface area contributed by atoms with Gasteiger partial charge in [0.1, 0.15) is 22.9 Å². The number of aromatic nitrogens is 8. The molecule has 4 aliphatic rings. The zero-order valence-corrected chi connectivity index (χ0v) is 56.2. The van der Waals surface area contributed by atoms with Crippen LogP contribution in [0.2, 0.25) is 0 Å². The number of benzene rings is 6. The van der Waals surface area contributed by atoms with Crippen molar-refractivity contribution in [2.45, 2.75) is 162 Å². The van der Waals surface area contributed by atoms with Gasteiger partial charge in [-0.2, -0.15) is 0 Å². The molecule has 14 rings (SSSR count). The first-order chi connectivity index (χ1) is 44.0. The van der Waals surface area contributed by atoms with Gasteiger partial charge in [0.05, 0.1) is 66.4 Å². The molecule has 0 spiro atoms. The molecule has 6 aromatic carbocycles. The van der Waals surface area contributed by atoms with Gasteiger partial charge in [0.25, 0.3) is 0 Å². The number of aliphatic hydroxyl groups is 1. The fraction of sp³-hybridized carbons (Fsp3) is 0.350. The highest BCUT2D eigenvalue weighted by atomic mass is 16.5. The first-order valence-corrected chi connectivity index (χ1v) is 32.7. The second kappa shape index (κ2) is 29.2. The molecule has 0 saturated carbocycles. The number of rotatable bonds is 9. The van der Waals surface area contributed by atoms with Crippen LogP contribution < -0.4 is 9.47 Å². The van der Waals surface area contributed by atoms with Gasteiger partial charge in [0, 0.05) is 30.3 Å². The summed E-state index contributed by atoms with van der Waals surface area (Å²) < 4.78 is 15.8. The van der Waals surface area contributed by atoms with Gasteiger partial charge in [0.15, 0.2) is 0 Å². The van der Waals surface area contributed by atoms with E-state index in [2.05, 4.69) is 220 Å². The third-order valence-corrected chi connectivity index (χ3v) is 17.0. The second-order valence-electron chi connectivity index (χ2n) is 28.6. The molecule has 92 heavy (non-hydrogen) atoms. The van der Waals surface area contributed by atoms with Gasteiger partial charge in [-0.15, -0.1) is 10.2 Å². The fourth-order valence-electron chi connectivity index (χ4n) is 11.2. The summed E-state index contributed by atoms with van der Waals surface area (Å²) in [5, 5.41) is 29.3. The van der Waals surface area contributed by atoms with E-state index in [4.69, 9.17) is 29.6 Å². The molecule has 4 aliphatic heterocycles. The number of hydrogen-bond donors (Lipinski definition) is 1. The molecule has 0 unspecified atom stereocenters.